The third kappa shape index (κ3) is 6.05. The Bertz CT molecular complexity index is 1070. The van der Waals surface area contributed by atoms with E-state index in [9.17, 15) is 14.0 Å². The molecule has 0 N–H and O–H groups in total. The first-order valence-corrected chi connectivity index (χ1v) is 12.2. The molecule has 1 saturated heterocycles. The predicted molar refractivity (Wildman–Crippen MR) is 129 cm³/mol. The molecule has 1 spiro atoms. The monoisotopic (exact) mass is 504 g/mol. The minimum Gasteiger partial charge on any atom is -0.491 e. The molecular weight excluding hydrogens is 475 g/mol. The van der Waals surface area contributed by atoms with E-state index < -0.39 is 11.4 Å². The van der Waals surface area contributed by atoms with Gasteiger partial charge >= 0.3 is 0 Å². The molecule has 1 fully saturated rings. The van der Waals surface area contributed by atoms with E-state index in [-0.39, 0.29) is 36.6 Å². The van der Waals surface area contributed by atoms with Gasteiger partial charge in [-0.25, -0.2) is 4.39 Å². The Labute approximate surface area is 209 Å². The molecule has 0 bridgehead atoms. The summed E-state index contributed by atoms with van der Waals surface area (Å²) in [5, 5.41) is -0.0752. The smallest absolute Gasteiger partial charge is 0.260 e. The molecule has 188 valence electrons. The van der Waals surface area contributed by atoms with Crippen LogP contribution in [0, 0.1) is 5.82 Å². The van der Waals surface area contributed by atoms with Crippen LogP contribution in [0.3, 0.4) is 0 Å². The van der Waals surface area contributed by atoms with Crippen molar-refractivity contribution in [3.63, 3.8) is 0 Å². The van der Waals surface area contributed by atoms with E-state index in [0.29, 0.717) is 31.9 Å². The van der Waals surface area contributed by atoms with Crippen LogP contribution in [0.4, 0.5) is 4.39 Å². The maximum absolute atomic E-state index is 13.5. The maximum Gasteiger partial charge on any atom is 0.260 e. The van der Waals surface area contributed by atoms with E-state index in [1.165, 1.54) is 18.2 Å². The highest BCUT2D eigenvalue weighted by Gasteiger charge is 2.46. The number of para-hydroxylation sites is 1. The molecule has 0 aromatic heterocycles. The summed E-state index contributed by atoms with van der Waals surface area (Å²) in [5.74, 6) is 0.178. The third-order valence-electron chi connectivity index (χ3n) is 6.46. The highest BCUT2D eigenvalue weighted by Crippen LogP contribution is 2.29. The van der Waals surface area contributed by atoms with E-state index >= 15 is 0 Å². The second-order valence-electron chi connectivity index (χ2n) is 8.91. The van der Waals surface area contributed by atoms with Crippen molar-refractivity contribution < 1.29 is 28.2 Å². The molecule has 2 amide bonds. The van der Waals surface area contributed by atoms with Gasteiger partial charge in [-0.3, -0.25) is 9.59 Å². The first kappa shape index (κ1) is 25.3. The van der Waals surface area contributed by atoms with Crippen LogP contribution in [0.5, 0.6) is 11.5 Å². The molecule has 2 aromatic rings. The fraction of sp³-hybridized carbons (Fsp3) is 0.462. The number of hydrogen-bond donors (Lipinski definition) is 0. The number of amides is 2. The number of benzene rings is 2. The van der Waals surface area contributed by atoms with Crippen molar-refractivity contribution in [2.75, 3.05) is 46.5 Å². The first-order chi connectivity index (χ1) is 16.9. The zero-order valence-corrected chi connectivity index (χ0v) is 20.6. The number of halogens is 2. The van der Waals surface area contributed by atoms with Crippen LogP contribution in [0.25, 0.3) is 0 Å². The quantitative estimate of drug-likeness (QED) is 0.637. The Morgan fingerprint density at radius 3 is 2.83 bits per heavy atom. The largest absolute Gasteiger partial charge is 0.491 e. The van der Waals surface area contributed by atoms with Crippen LogP contribution in [-0.2, 0) is 20.7 Å². The van der Waals surface area contributed by atoms with Crippen molar-refractivity contribution in [1.29, 1.82) is 0 Å². The van der Waals surface area contributed by atoms with Crippen LogP contribution in [0.15, 0.2) is 42.5 Å². The van der Waals surface area contributed by atoms with Gasteiger partial charge in [0.05, 0.1) is 24.7 Å². The molecule has 0 saturated carbocycles. The van der Waals surface area contributed by atoms with Gasteiger partial charge < -0.3 is 24.0 Å². The Kier molecular flexibility index (Phi) is 8.13. The van der Waals surface area contributed by atoms with Crippen molar-refractivity contribution in [2.45, 2.75) is 31.3 Å². The number of hydrogen-bond acceptors (Lipinski definition) is 5. The average Bonchev–Trinajstić information content (AvgIpc) is 2.87. The van der Waals surface area contributed by atoms with Crippen LogP contribution in [0.1, 0.15) is 24.8 Å². The Morgan fingerprint density at radius 2 is 2.00 bits per heavy atom. The Balaban J connectivity index is 1.44. The maximum atomic E-state index is 13.5. The summed E-state index contributed by atoms with van der Waals surface area (Å²) in [6, 6.07) is 11.9. The van der Waals surface area contributed by atoms with Gasteiger partial charge in [0, 0.05) is 19.7 Å². The highest BCUT2D eigenvalue weighted by molar-refractivity contribution is 6.30. The Hall–Kier alpha value is -2.84. The molecule has 1 atom stereocenters. The molecule has 2 aliphatic heterocycles. The number of carbonyl (C=O) groups is 2. The van der Waals surface area contributed by atoms with Gasteiger partial charge in [0.15, 0.2) is 12.2 Å². The molecule has 7 nitrogen and oxygen atoms in total. The lowest BCUT2D eigenvalue weighted by Crippen LogP contribution is -2.61. The van der Waals surface area contributed by atoms with E-state index in [1.807, 2.05) is 18.2 Å². The summed E-state index contributed by atoms with van der Waals surface area (Å²) in [6.45, 7) is 1.30. The van der Waals surface area contributed by atoms with Gasteiger partial charge in [-0.05, 0) is 49.4 Å². The summed E-state index contributed by atoms with van der Waals surface area (Å²) in [7, 11) is 1.73. The molecule has 2 heterocycles. The van der Waals surface area contributed by atoms with Crippen LogP contribution in [0.2, 0.25) is 5.02 Å². The van der Waals surface area contributed by atoms with Crippen molar-refractivity contribution >= 4 is 23.4 Å². The molecule has 35 heavy (non-hydrogen) atoms. The SMILES string of the molecule is CN1CCOc2ccccc2CCCCC2(CN(C(=O)COc3ccc(F)c(Cl)c3)CCO2)C1=O. The van der Waals surface area contributed by atoms with Gasteiger partial charge in [0.2, 0.25) is 0 Å². The van der Waals surface area contributed by atoms with Gasteiger partial charge in [0.1, 0.15) is 23.9 Å². The summed E-state index contributed by atoms with van der Waals surface area (Å²) >= 11 is 5.79. The fourth-order valence-corrected chi connectivity index (χ4v) is 4.68. The van der Waals surface area contributed by atoms with Crippen LogP contribution < -0.4 is 9.47 Å². The number of ether oxygens (including phenoxy) is 3. The summed E-state index contributed by atoms with van der Waals surface area (Å²) < 4.78 is 31.0. The van der Waals surface area contributed by atoms with Gasteiger partial charge in [-0.15, -0.1) is 0 Å². The number of carbonyl (C=O) groups excluding carboxylic acids is 2. The lowest BCUT2D eigenvalue weighted by atomic mass is 9.91. The number of fused-ring (bicyclic) bond motifs is 1. The molecule has 9 heteroatoms. The molecule has 4 rings (SSSR count). The topological polar surface area (TPSA) is 68.3 Å². The Morgan fingerprint density at radius 1 is 1.17 bits per heavy atom. The minimum atomic E-state index is -1.11. The molecular formula is C26H30ClFN2O5. The standard InChI is InChI=1S/C26H30ClFN2O5/c1-29-12-14-33-23-8-3-2-6-19(23)7-4-5-11-26(25(29)32)18-30(13-15-35-26)24(31)17-34-20-9-10-22(28)21(27)16-20/h2-3,6,8-10,16H,4-5,7,11-15,17-18H2,1H3. The number of nitrogens with zero attached hydrogens (tertiary/aromatic N) is 2. The van der Waals surface area contributed by atoms with E-state index in [1.54, 1.807) is 16.8 Å². The number of morpholine rings is 1. The molecule has 0 radical (unpaired) electrons. The zero-order chi connectivity index (χ0) is 24.8. The highest BCUT2D eigenvalue weighted by atomic mass is 35.5. The van der Waals surface area contributed by atoms with Gasteiger partial charge in [-0.2, -0.15) is 0 Å². The lowest BCUT2D eigenvalue weighted by molar-refractivity contribution is -0.176. The molecule has 2 aliphatic rings. The zero-order valence-electron chi connectivity index (χ0n) is 19.8. The van der Waals surface area contributed by atoms with Crippen LogP contribution in [-0.4, -0.2) is 73.7 Å². The normalized spacial score (nSPS) is 21.5. The third-order valence-corrected chi connectivity index (χ3v) is 6.75. The van der Waals surface area contributed by atoms with Crippen molar-refractivity contribution in [1.82, 2.24) is 9.80 Å². The second-order valence-corrected chi connectivity index (χ2v) is 9.32. The molecule has 0 aliphatic carbocycles. The van der Waals surface area contributed by atoms with Crippen molar-refractivity contribution in [2.24, 2.45) is 0 Å². The molecule has 1 unspecified atom stereocenters. The van der Waals surface area contributed by atoms with E-state index in [2.05, 4.69) is 6.07 Å². The minimum absolute atomic E-state index is 0.0752. The summed E-state index contributed by atoms with van der Waals surface area (Å²) in [6.07, 6.45) is 2.98. The predicted octanol–water partition coefficient (Wildman–Crippen LogP) is 3.72. The number of aryl methyl sites for hydroxylation is 1. The number of rotatable bonds is 3. The van der Waals surface area contributed by atoms with Gasteiger partial charge in [-0.1, -0.05) is 29.8 Å². The van der Waals surface area contributed by atoms with E-state index in [4.69, 9.17) is 25.8 Å². The number of likely N-dealkylation sites (N-methyl/N-ethyl adjacent to an activating group) is 1. The van der Waals surface area contributed by atoms with Crippen molar-refractivity contribution in [3.05, 3.63) is 58.9 Å². The second kappa shape index (κ2) is 11.3. The lowest BCUT2D eigenvalue weighted by Gasteiger charge is -2.43. The fourth-order valence-electron chi connectivity index (χ4n) is 4.51. The first-order valence-electron chi connectivity index (χ1n) is 11.8. The molecule has 2 aromatic carbocycles. The van der Waals surface area contributed by atoms with E-state index in [0.717, 1.165) is 30.6 Å². The average molecular weight is 505 g/mol. The van der Waals surface area contributed by atoms with Crippen LogP contribution >= 0.6 is 11.6 Å². The summed E-state index contributed by atoms with van der Waals surface area (Å²) in [4.78, 5) is 29.7. The van der Waals surface area contributed by atoms with Crippen molar-refractivity contribution in [3.8, 4) is 11.5 Å². The van der Waals surface area contributed by atoms with Gasteiger partial charge in [0.25, 0.3) is 11.8 Å². The summed E-state index contributed by atoms with van der Waals surface area (Å²) in [5.41, 5.74) is 0.0381.